The summed E-state index contributed by atoms with van der Waals surface area (Å²) in [5, 5.41) is 35.3. The van der Waals surface area contributed by atoms with Gasteiger partial charge in [-0.3, -0.25) is 9.97 Å². The molecule has 0 bridgehead atoms. The second kappa shape index (κ2) is 12.3. The number of phenols is 2. The molecule has 0 aliphatic carbocycles. The van der Waals surface area contributed by atoms with E-state index in [4.69, 9.17) is 26.6 Å². The van der Waals surface area contributed by atoms with E-state index in [2.05, 4.69) is 25.9 Å². The van der Waals surface area contributed by atoms with Gasteiger partial charge in [-0.1, -0.05) is 24.3 Å². The Hall–Kier alpha value is -3.60. The summed E-state index contributed by atoms with van der Waals surface area (Å²) in [6, 6.07) is 16.4. The number of hydrogen-bond acceptors (Lipinski definition) is 8. The molecule has 0 spiro atoms. The summed E-state index contributed by atoms with van der Waals surface area (Å²) in [5.74, 6) is 0.274. The summed E-state index contributed by atoms with van der Waals surface area (Å²) in [4.78, 5) is 7.80. The predicted molar refractivity (Wildman–Crippen MR) is 130 cm³/mol. The molecule has 8 nitrogen and oxygen atoms in total. The first-order valence-electron chi connectivity index (χ1n) is 9.25. The van der Waals surface area contributed by atoms with Gasteiger partial charge >= 0.3 is 7.12 Å². The molecule has 10 heteroatoms. The molecule has 0 unspecified atom stereocenters. The van der Waals surface area contributed by atoms with Crippen LogP contribution in [0.3, 0.4) is 0 Å². The van der Waals surface area contributed by atoms with Gasteiger partial charge in [0.25, 0.3) is 0 Å². The normalized spacial score (nSPS) is 9.59. The van der Waals surface area contributed by atoms with Crippen LogP contribution in [0.2, 0.25) is 0 Å². The zero-order valence-corrected chi connectivity index (χ0v) is 18.5. The summed E-state index contributed by atoms with van der Waals surface area (Å²) in [6.07, 6.45) is 6.60. The third-order valence-electron chi connectivity index (χ3n) is 3.83. The Morgan fingerprint density at radius 2 is 1.28 bits per heavy atom. The number of pyridine rings is 2. The highest BCUT2D eigenvalue weighted by atomic mass is 79.9. The molecule has 2 aromatic carbocycles. The van der Waals surface area contributed by atoms with Crippen molar-refractivity contribution in [3.05, 3.63) is 89.9 Å². The number of nitrogen functional groups attached to an aromatic ring is 2. The number of phenolic OH excluding ortho intramolecular Hbond substituents is 2. The van der Waals surface area contributed by atoms with Crippen LogP contribution < -0.4 is 16.9 Å². The molecule has 4 aromatic rings. The van der Waals surface area contributed by atoms with Gasteiger partial charge in [-0.25, -0.2) is 0 Å². The van der Waals surface area contributed by atoms with Crippen molar-refractivity contribution in [1.82, 2.24) is 9.97 Å². The fourth-order valence-electron chi connectivity index (χ4n) is 2.41. The molecule has 0 fully saturated rings. The van der Waals surface area contributed by atoms with Gasteiger partial charge in [0.1, 0.15) is 11.5 Å². The quantitative estimate of drug-likeness (QED) is 0.231. The van der Waals surface area contributed by atoms with E-state index in [0.717, 1.165) is 15.6 Å². The fraction of sp³-hybridized carbons (Fsp3) is 0. The lowest BCUT2D eigenvalue weighted by atomic mass is 9.80. The van der Waals surface area contributed by atoms with Crippen molar-refractivity contribution in [2.75, 3.05) is 11.5 Å². The second-order valence-electron chi connectivity index (χ2n) is 6.46. The van der Waals surface area contributed by atoms with Crippen molar-refractivity contribution in [3.8, 4) is 22.6 Å². The molecule has 0 saturated carbocycles. The van der Waals surface area contributed by atoms with Crippen molar-refractivity contribution in [2.24, 2.45) is 0 Å². The molecule has 0 radical (unpaired) electrons. The number of aromatic hydroxyl groups is 2. The Morgan fingerprint density at radius 3 is 1.75 bits per heavy atom. The number of hydrogen-bond donors (Lipinski definition) is 6. The second-order valence-corrected chi connectivity index (χ2v) is 7.38. The average Bonchev–Trinajstić information content (AvgIpc) is 2.74. The van der Waals surface area contributed by atoms with Crippen LogP contribution in [-0.2, 0) is 0 Å². The largest absolute Gasteiger partial charge is 0.508 e. The summed E-state index contributed by atoms with van der Waals surface area (Å²) < 4.78 is 0.914. The van der Waals surface area contributed by atoms with E-state index in [0.29, 0.717) is 16.8 Å². The van der Waals surface area contributed by atoms with Gasteiger partial charge in [0, 0.05) is 34.8 Å². The number of benzene rings is 2. The van der Waals surface area contributed by atoms with Crippen LogP contribution in [0.25, 0.3) is 11.1 Å². The molecule has 0 saturated heterocycles. The fourth-order valence-corrected chi connectivity index (χ4v) is 2.80. The molecule has 4 rings (SSSR count). The predicted octanol–water partition coefficient (Wildman–Crippen LogP) is 2.53. The number of halogens is 1. The molecule has 0 aliphatic heterocycles. The standard InChI is InChI=1S/C11H10N2O.C6H7BO3.C5H5BrN2/c12-10-4-9(6-13-7-10)8-2-1-3-11(14)5-8;8-6-3-1-2-5(4-6)7(9)10;6-4-1-5(7)3-8-2-4/h1-7,14H,12H2;1-4,8-10H;1-3H,7H2. The van der Waals surface area contributed by atoms with E-state index >= 15 is 0 Å². The third kappa shape index (κ3) is 8.64. The van der Waals surface area contributed by atoms with Crippen LogP contribution >= 0.6 is 15.9 Å². The van der Waals surface area contributed by atoms with Crippen LogP contribution in [0.4, 0.5) is 11.4 Å². The van der Waals surface area contributed by atoms with Crippen molar-refractivity contribution < 1.29 is 20.3 Å². The van der Waals surface area contributed by atoms with E-state index in [1.165, 1.54) is 18.2 Å². The lowest BCUT2D eigenvalue weighted by Gasteiger charge is -2.02. The monoisotopic (exact) mass is 496 g/mol. The Bertz CT molecular complexity index is 1090. The van der Waals surface area contributed by atoms with Gasteiger partial charge in [-0.2, -0.15) is 0 Å². The highest BCUT2D eigenvalue weighted by Gasteiger charge is 2.09. The minimum atomic E-state index is -1.51. The topological polar surface area (TPSA) is 159 Å². The highest BCUT2D eigenvalue weighted by molar-refractivity contribution is 9.10. The van der Waals surface area contributed by atoms with E-state index in [1.54, 1.807) is 55.1 Å². The van der Waals surface area contributed by atoms with E-state index in [1.807, 2.05) is 12.1 Å². The summed E-state index contributed by atoms with van der Waals surface area (Å²) in [7, 11) is -1.51. The number of nitrogens with two attached hydrogens (primary N) is 2. The van der Waals surface area contributed by atoms with E-state index in [-0.39, 0.29) is 11.5 Å². The molecule has 0 amide bonds. The van der Waals surface area contributed by atoms with Crippen LogP contribution in [0.15, 0.2) is 89.9 Å². The van der Waals surface area contributed by atoms with Crippen molar-refractivity contribution in [3.63, 3.8) is 0 Å². The maximum absolute atomic E-state index is 9.29. The SMILES string of the molecule is Nc1cncc(-c2cccc(O)c2)c1.Nc1cncc(Br)c1.OB(O)c1cccc(O)c1. The molecule has 2 aromatic heterocycles. The van der Waals surface area contributed by atoms with Crippen LogP contribution in [0.1, 0.15) is 0 Å². The maximum Gasteiger partial charge on any atom is 0.488 e. The van der Waals surface area contributed by atoms with Gasteiger partial charge in [-0.05, 0) is 63.4 Å². The van der Waals surface area contributed by atoms with Gasteiger partial charge in [0.15, 0.2) is 0 Å². The maximum atomic E-state index is 9.29. The average molecular weight is 497 g/mol. The summed E-state index contributed by atoms with van der Waals surface area (Å²) in [6.45, 7) is 0. The zero-order valence-electron chi connectivity index (χ0n) is 16.9. The Morgan fingerprint density at radius 1 is 0.688 bits per heavy atom. The van der Waals surface area contributed by atoms with Crippen molar-refractivity contribution in [2.45, 2.75) is 0 Å². The van der Waals surface area contributed by atoms with Gasteiger partial charge in [0.2, 0.25) is 0 Å². The molecular formula is C22H22BBrN4O4. The third-order valence-corrected chi connectivity index (χ3v) is 4.27. The first-order chi connectivity index (χ1) is 15.2. The van der Waals surface area contributed by atoms with Gasteiger partial charge in [-0.15, -0.1) is 0 Å². The molecule has 0 aliphatic rings. The first kappa shape index (κ1) is 24.7. The molecule has 164 valence electrons. The summed E-state index contributed by atoms with van der Waals surface area (Å²) >= 11 is 3.22. The number of anilines is 2. The van der Waals surface area contributed by atoms with Crippen molar-refractivity contribution >= 4 is 39.9 Å². The highest BCUT2D eigenvalue weighted by Crippen LogP contribution is 2.23. The lowest BCUT2D eigenvalue weighted by molar-refractivity contribution is 0.424. The Kier molecular flexibility index (Phi) is 9.49. The van der Waals surface area contributed by atoms with Crippen LogP contribution in [0.5, 0.6) is 11.5 Å². The van der Waals surface area contributed by atoms with E-state index in [9.17, 15) is 5.11 Å². The first-order valence-corrected chi connectivity index (χ1v) is 10.0. The molecular weight excluding hydrogens is 475 g/mol. The summed E-state index contributed by atoms with van der Waals surface area (Å²) in [5.41, 5.74) is 14.4. The van der Waals surface area contributed by atoms with Crippen LogP contribution in [0, 0.1) is 0 Å². The smallest absolute Gasteiger partial charge is 0.488 e. The molecule has 8 N–H and O–H groups in total. The molecule has 0 atom stereocenters. The Labute approximate surface area is 194 Å². The van der Waals surface area contributed by atoms with Gasteiger partial charge in [0.05, 0.1) is 11.4 Å². The van der Waals surface area contributed by atoms with Crippen molar-refractivity contribution in [1.29, 1.82) is 0 Å². The zero-order chi connectivity index (χ0) is 23.5. The molecule has 32 heavy (non-hydrogen) atoms. The number of aromatic nitrogens is 2. The Balaban J connectivity index is 0.000000178. The number of nitrogens with zero attached hydrogens (tertiary/aromatic N) is 2. The van der Waals surface area contributed by atoms with E-state index < -0.39 is 7.12 Å². The minimum Gasteiger partial charge on any atom is -0.508 e. The molecule has 2 heterocycles. The lowest BCUT2D eigenvalue weighted by Crippen LogP contribution is -2.29. The van der Waals surface area contributed by atoms with Gasteiger partial charge < -0.3 is 31.7 Å². The minimum absolute atomic E-state index is 0.0330. The number of rotatable bonds is 2. The van der Waals surface area contributed by atoms with Crippen LogP contribution in [-0.4, -0.2) is 37.3 Å².